The largest absolute Gasteiger partial charge is 0.480 e. The Bertz CT molecular complexity index is 315. The molecule has 0 amide bonds. The molecule has 4 heteroatoms. The summed E-state index contributed by atoms with van der Waals surface area (Å²) >= 11 is 1.61. The SMILES string of the molecule is O=C(O)C1(Cc2ccsc2)CCCN1. The molecule has 1 fully saturated rings. The van der Waals surface area contributed by atoms with Crippen LogP contribution in [0.25, 0.3) is 0 Å². The number of nitrogens with one attached hydrogen (secondary N) is 1. The summed E-state index contributed by atoms with van der Waals surface area (Å²) in [6, 6.07) is 2.00. The van der Waals surface area contributed by atoms with Gasteiger partial charge in [0.2, 0.25) is 0 Å². The van der Waals surface area contributed by atoms with Gasteiger partial charge in [0.1, 0.15) is 5.54 Å². The third kappa shape index (κ3) is 1.67. The monoisotopic (exact) mass is 211 g/mol. The Balaban J connectivity index is 2.16. The molecule has 0 saturated carbocycles. The fourth-order valence-electron chi connectivity index (χ4n) is 1.96. The van der Waals surface area contributed by atoms with Gasteiger partial charge in [0.05, 0.1) is 0 Å². The maximum atomic E-state index is 11.2. The van der Waals surface area contributed by atoms with Crippen LogP contribution in [0.5, 0.6) is 0 Å². The highest BCUT2D eigenvalue weighted by Crippen LogP contribution is 2.25. The van der Waals surface area contributed by atoms with Gasteiger partial charge >= 0.3 is 5.97 Å². The lowest BCUT2D eigenvalue weighted by Gasteiger charge is -2.23. The van der Waals surface area contributed by atoms with Gasteiger partial charge in [-0.15, -0.1) is 0 Å². The van der Waals surface area contributed by atoms with Gasteiger partial charge < -0.3 is 10.4 Å². The van der Waals surface area contributed by atoms with Crippen LogP contribution in [0.4, 0.5) is 0 Å². The zero-order valence-corrected chi connectivity index (χ0v) is 8.64. The van der Waals surface area contributed by atoms with Gasteiger partial charge in [-0.05, 0) is 41.8 Å². The Morgan fingerprint density at radius 3 is 3.07 bits per heavy atom. The summed E-state index contributed by atoms with van der Waals surface area (Å²) in [4.78, 5) is 11.2. The first kappa shape index (κ1) is 9.68. The molecule has 1 atom stereocenters. The van der Waals surface area contributed by atoms with Crippen LogP contribution in [-0.4, -0.2) is 23.2 Å². The van der Waals surface area contributed by atoms with E-state index in [1.54, 1.807) is 11.3 Å². The summed E-state index contributed by atoms with van der Waals surface area (Å²) in [6.45, 7) is 0.816. The van der Waals surface area contributed by atoms with Crippen molar-refractivity contribution in [2.24, 2.45) is 0 Å². The first-order valence-corrected chi connectivity index (χ1v) is 5.67. The first-order valence-electron chi connectivity index (χ1n) is 4.72. The molecule has 0 aromatic carbocycles. The predicted octanol–water partition coefficient (Wildman–Crippen LogP) is 1.50. The lowest BCUT2D eigenvalue weighted by atomic mass is 9.90. The van der Waals surface area contributed by atoms with E-state index in [0.29, 0.717) is 6.42 Å². The molecule has 0 radical (unpaired) electrons. The number of hydrogen-bond acceptors (Lipinski definition) is 3. The Hall–Kier alpha value is -0.870. The third-order valence-electron chi connectivity index (χ3n) is 2.74. The van der Waals surface area contributed by atoms with Gasteiger partial charge in [0.25, 0.3) is 0 Å². The molecule has 2 heterocycles. The van der Waals surface area contributed by atoms with Crippen LogP contribution in [0.3, 0.4) is 0 Å². The predicted molar refractivity (Wildman–Crippen MR) is 55.6 cm³/mol. The number of hydrogen-bond donors (Lipinski definition) is 2. The summed E-state index contributed by atoms with van der Waals surface area (Å²) < 4.78 is 0. The number of thiophene rings is 1. The molecule has 0 bridgehead atoms. The minimum absolute atomic E-state index is 0.603. The molecule has 0 spiro atoms. The van der Waals surface area contributed by atoms with Crippen LogP contribution in [0.2, 0.25) is 0 Å². The van der Waals surface area contributed by atoms with Gasteiger partial charge in [-0.25, -0.2) is 0 Å². The number of carboxylic acid groups (broad SMARTS) is 1. The van der Waals surface area contributed by atoms with Crippen LogP contribution in [-0.2, 0) is 11.2 Å². The highest BCUT2D eigenvalue weighted by molar-refractivity contribution is 7.07. The maximum Gasteiger partial charge on any atom is 0.324 e. The van der Waals surface area contributed by atoms with E-state index in [2.05, 4.69) is 5.32 Å². The number of rotatable bonds is 3. The van der Waals surface area contributed by atoms with Crippen molar-refractivity contribution in [1.82, 2.24) is 5.32 Å². The molecule has 2 N–H and O–H groups in total. The van der Waals surface area contributed by atoms with E-state index in [4.69, 9.17) is 0 Å². The normalized spacial score (nSPS) is 26.6. The van der Waals surface area contributed by atoms with E-state index >= 15 is 0 Å². The topological polar surface area (TPSA) is 49.3 Å². The number of carboxylic acids is 1. The summed E-state index contributed by atoms with van der Waals surface area (Å²) in [5.41, 5.74) is 0.410. The molecule has 2 rings (SSSR count). The van der Waals surface area contributed by atoms with Crippen molar-refractivity contribution in [2.75, 3.05) is 6.54 Å². The zero-order chi connectivity index (χ0) is 10.0. The molecule has 1 aromatic heterocycles. The second-order valence-corrected chi connectivity index (χ2v) is 4.51. The Labute approximate surface area is 86.8 Å². The second-order valence-electron chi connectivity index (χ2n) is 3.73. The third-order valence-corrected chi connectivity index (χ3v) is 3.47. The van der Waals surface area contributed by atoms with Crippen LogP contribution in [0.15, 0.2) is 16.8 Å². The van der Waals surface area contributed by atoms with Crippen molar-refractivity contribution in [3.8, 4) is 0 Å². The Morgan fingerprint density at radius 2 is 2.57 bits per heavy atom. The van der Waals surface area contributed by atoms with Crippen molar-refractivity contribution in [3.05, 3.63) is 22.4 Å². The lowest BCUT2D eigenvalue weighted by molar-refractivity contribution is -0.144. The maximum absolute atomic E-state index is 11.2. The molecule has 3 nitrogen and oxygen atoms in total. The van der Waals surface area contributed by atoms with Crippen LogP contribution < -0.4 is 5.32 Å². The smallest absolute Gasteiger partial charge is 0.324 e. The highest BCUT2D eigenvalue weighted by Gasteiger charge is 2.40. The second kappa shape index (κ2) is 3.71. The quantitative estimate of drug-likeness (QED) is 0.796. The molecular weight excluding hydrogens is 198 g/mol. The molecule has 0 aliphatic carbocycles. The van der Waals surface area contributed by atoms with E-state index in [1.165, 1.54) is 0 Å². The Kier molecular flexibility index (Phi) is 2.56. The number of carbonyl (C=O) groups is 1. The molecule has 1 unspecified atom stereocenters. The van der Waals surface area contributed by atoms with E-state index in [1.807, 2.05) is 16.8 Å². The minimum atomic E-state index is -0.721. The highest BCUT2D eigenvalue weighted by atomic mass is 32.1. The molecular formula is C10H13NO2S. The van der Waals surface area contributed by atoms with E-state index in [9.17, 15) is 9.90 Å². The minimum Gasteiger partial charge on any atom is -0.480 e. The molecule has 76 valence electrons. The van der Waals surface area contributed by atoms with Gasteiger partial charge in [-0.1, -0.05) is 0 Å². The van der Waals surface area contributed by atoms with Crippen molar-refractivity contribution in [2.45, 2.75) is 24.8 Å². The van der Waals surface area contributed by atoms with Gasteiger partial charge in [-0.3, -0.25) is 4.79 Å². The Morgan fingerprint density at radius 1 is 1.71 bits per heavy atom. The van der Waals surface area contributed by atoms with Crippen LogP contribution in [0, 0.1) is 0 Å². The van der Waals surface area contributed by atoms with Crippen molar-refractivity contribution >= 4 is 17.3 Å². The fourth-order valence-corrected chi connectivity index (χ4v) is 2.63. The first-order chi connectivity index (χ1) is 6.73. The van der Waals surface area contributed by atoms with E-state index < -0.39 is 11.5 Å². The lowest BCUT2D eigenvalue weighted by Crippen LogP contribution is -2.49. The summed E-state index contributed by atoms with van der Waals surface area (Å²) in [7, 11) is 0. The van der Waals surface area contributed by atoms with Gasteiger partial charge in [0, 0.05) is 6.42 Å². The zero-order valence-electron chi connectivity index (χ0n) is 7.82. The molecule has 14 heavy (non-hydrogen) atoms. The van der Waals surface area contributed by atoms with Gasteiger partial charge in [-0.2, -0.15) is 11.3 Å². The fraction of sp³-hybridized carbons (Fsp3) is 0.500. The summed E-state index contributed by atoms with van der Waals surface area (Å²) in [5, 5.41) is 16.3. The molecule has 1 saturated heterocycles. The molecule has 1 aliphatic heterocycles. The molecule has 1 aromatic rings. The summed E-state index contributed by atoms with van der Waals surface area (Å²) in [5.74, 6) is -0.721. The average molecular weight is 211 g/mol. The van der Waals surface area contributed by atoms with Crippen LogP contribution >= 0.6 is 11.3 Å². The average Bonchev–Trinajstić information content (AvgIpc) is 2.76. The van der Waals surface area contributed by atoms with Gasteiger partial charge in [0.15, 0.2) is 0 Å². The van der Waals surface area contributed by atoms with E-state index in [-0.39, 0.29) is 0 Å². The number of aliphatic carboxylic acids is 1. The standard InChI is InChI=1S/C10H13NO2S/c12-9(13)10(3-1-4-11-10)6-8-2-5-14-7-8/h2,5,7,11H,1,3-4,6H2,(H,12,13). The van der Waals surface area contributed by atoms with Crippen molar-refractivity contribution < 1.29 is 9.90 Å². The van der Waals surface area contributed by atoms with E-state index in [0.717, 1.165) is 24.9 Å². The van der Waals surface area contributed by atoms with Crippen molar-refractivity contribution in [1.29, 1.82) is 0 Å². The van der Waals surface area contributed by atoms with Crippen LogP contribution in [0.1, 0.15) is 18.4 Å². The summed E-state index contributed by atoms with van der Waals surface area (Å²) in [6.07, 6.45) is 2.29. The van der Waals surface area contributed by atoms with Crippen molar-refractivity contribution in [3.63, 3.8) is 0 Å². The molecule has 1 aliphatic rings.